The first-order chi connectivity index (χ1) is 13.1. The molecule has 1 aromatic rings. The van der Waals surface area contributed by atoms with E-state index in [1.54, 1.807) is 19.2 Å². The lowest BCUT2D eigenvalue weighted by Crippen LogP contribution is -2.45. The Kier molecular flexibility index (Phi) is 10.3. The minimum Gasteiger partial charge on any atom is -0.367 e. The van der Waals surface area contributed by atoms with E-state index in [0.29, 0.717) is 30.2 Å². The van der Waals surface area contributed by atoms with E-state index in [2.05, 4.69) is 53.0 Å². The second-order valence-electron chi connectivity index (χ2n) is 7.20. The largest absolute Gasteiger partial charge is 0.411 e. The van der Waals surface area contributed by atoms with Crippen LogP contribution in [-0.2, 0) is 17.9 Å². The molecule has 0 saturated carbocycles. The number of hydrogen-bond acceptors (Lipinski definition) is 3. The Morgan fingerprint density at radius 2 is 1.61 bits per heavy atom. The zero-order valence-electron chi connectivity index (χ0n) is 17.4. The van der Waals surface area contributed by atoms with E-state index in [9.17, 15) is 13.2 Å². The highest BCUT2D eigenvalue weighted by atomic mass is 19.4. The lowest BCUT2D eigenvalue weighted by molar-refractivity contribution is -0.176. The number of halogens is 3. The van der Waals surface area contributed by atoms with Gasteiger partial charge >= 0.3 is 6.18 Å². The molecule has 0 spiro atoms. The van der Waals surface area contributed by atoms with E-state index in [-0.39, 0.29) is 6.61 Å². The number of nitrogens with zero attached hydrogens (tertiary/aromatic N) is 2. The number of guanidine groups is 1. The molecule has 0 aliphatic rings. The van der Waals surface area contributed by atoms with E-state index in [0.717, 1.165) is 18.7 Å². The summed E-state index contributed by atoms with van der Waals surface area (Å²) in [4.78, 5) is 6.62. The fourth-order valence-electron chi connectivity index (χ4n) is 2.86. The van der Waals surface area contributed by atoms with Gasteiger partial charge in [-0.05, 0) is 38.8 Å². The minimum absolute atomic E-state index is 0.0569. The molecule has 0 aromatic heterocycles. The first-order valence-corrected chi connectivity index (χ1v) is 9.55. The summed E-state index contributed by atoms with van der Waals surface area (Å²) in [5.41, 5.74) is 1.71. The summed E-state index contributed by atoms with van der Waals surface area (Å²) < 4.78 is 40.9. The molecule has 28 heavy (non-hydrogen) atoms. The van der Waals surface area contributed by atoms with Crippen molar-refractivity contribution < 1.29 is 17.9 Å². The van der Waals surface area contributed by atoms with Crippen LogP contribution >= 0.6 is 0 Å². The number of hydrogen-bond donors (Lipinski definition) is 2. The summed E-state index contributed by atoms with van der Waals surface area (Å²) in [6, 6.07) is 8.24. The molecule has 0 saturated heterocycles. The van der Waals surface area contributed by atoms with E-state index in [4.69, 9.17) is 0 Å². The summed E-state index contributed by atoms with van der Waals surface area (Å²) in [6.45, 7) is 9.73. The highest BCUT2D eigenvalue weighted by Gasteiger charge is 2.27. The van der Waals surface area contributed by atoms with Gasteiger partial charge in [0.1, 0.15) is 6.61 Å². The highest BCUT2D eigenvalue weighted by molar-refractivity contribution is 5.79. The van der Waals surface area contributed by atoms with Crippen molar-refractivity contribution >= 4 is 5.96 Å². The smallest absolute Gasteiger partial charge is 0.367 e. The van der Waals surface area contributed by atoms with Crippen molar-refractivity contribution in [1.29, 1.82) is 0 Å². The van der Waals surface area contributed by atoms with E-state index >= 15 is 0 Å². The minimum atomic E-state index is -4.30. The van der Waals surface area contributed by atoms with Crippen molar-refractivity contribution in [2.75, 3.05) is 26.7 Å². The van der Waals surface area contributed by atoms with Gasteiger partial charge in [0.05, 0.1) is 6.61 Å². The maximum Gasteiger partial charge on any atom is 0.411 e. The van der Waals surface area contributed by atoms with Crippen molar-refractivity contribution in [3.8, 4) is 0 Å². The molecule has 1 rings (SSSR count). The van der Waals surface area contributed by atoms with Crippen LogP contribution in [0.2, 0.25) is 0 Å². The Labute approximate surface area is 166 Å². The Bertz CT molecular complexity index is 578. The second-order valence-corrected chi connectivity index (χ2v) is 7.20. The summed E-state index contributed by atoms with van der Waals surface area (Å²) in [6.07, 6.45) is -4.30. The van der Waals surface area contributed by atoms with Crippen LogP contribution in [0.5, 0.6) is 0 Å². The molecule has 0 unspecified atom stereocenters. The average molecular weight is 403 g/mol. The molecule has 0 fully saturated rings. The van der Waals surface area contributed by atoms with Crippen LogP contribution in [-0.4, -0.2) is 55.9 Å². The number of alkyl halides is 3. The number of aliphatic imine (C=N–C) groups is 1. The van der Waals surface area contributed by atoms with E-state index in [1.807, 2.05) is 12.1 Å². The molecule has 0 amide bonds. The van der Waals surface area contributed by atoms with Gasteiger partial charge in [-0.3, -0.25) is 9.89 Å². The third-order valence-electron chi connectivity index (χ3n) is 4.23. The van der Waals surface area contributed by atoms with Gasteiger partial charge in [-0.25, -0.2) is 0 Å². The van der Waals surface area contributed by atoms with Gasteiger partial charge in [-0.1, -0.05) is 24.3 Å². The molecule has 2 N–H and O–H groups in total. The molecular formula is C20H33F3N4O. The van der Waals surface area contributed by atoms with Crippen LogP contribution in [0.4, 0.5) is 13.2 Å². The van der Waals surface area contributed by atoms with Gasteiger partial charge in [-0.2, -0.15) is 13.2 Å². The lowest BCUT2D eigenvalue weighted by atomic mass is 10.1. The molecule has 0 bridgehead atoms. The third kappa shape index (κ3) is 9.94. The van der Waals surface area contributed by atoms with Crippen LogP contribution in [0.3, 0.4) is 0 Å². The normalized spacial score (nSPS) is 12.9. The van der Waals surface area contributed by atoms with Crippen molar-refractivity contribution in [3.05, 3.63) is 35.4 Å². The molecule has 1 aromatic carbocycles. The van der Waals surface area contributed by atoms with Crippen LogP contribution < -0.4 is 10.6 Å². The maximum absolute atomic E-state index is 12.1. The maximum atomic E-state index is 12.1. The third-order valence-corrected chi connectivity index (χ3v) is 4.23. The number of rotatable bonds is 10. The van der Waals surface area contributed by atoms with Gasteiger partial charge in [0.15, 0.2) is 5.96 Å². The fourth-order valence-corrected chi connectivity index (χ4v) is 2.86. The molecule has 0 radical (unpaired) electrons. The molecule has 5 nitrogen and oxygen atoms in total. The molecule has 0 heterocycles. The zero-order valence-corrected chi connectivity index (χ0v) is 17.4. The predicted molar refractivity (Wildman–Crippen MR) is 107 cm³/mol. The van der Waals surface area contributed by atoms with Crippen molar-refractivity contribution in [3.63, 3.8) is 0 Å². The van der Waals surface area contributed by atoms with Crippen LogP contribution in [0.1, 0.15) is 38.8 Å². The van der Waals surface area contributed by atoms with Crippen molar-refractivity contribution in [2.45, 2.75) is 59.1 Å². The summed E-state index contributed by atoms with van der Waals surface area (Å²) >= 11 is 0. The molecule has 0 aliphatic heterocycles. The first-order valence-electron chi connectivity index (χ1n) is 9.55. The van der Waals surface area contributed by atoms with Crippen LogP contribution in [0.15, 0.2) is 29.3 Å². The number of benzene rings is 1. The molecule has 8 heteroatoms. The molecular weight excluding hydrogens is 369 g/mol. The SMILES string of the molecule is CN=C(NCCN(C(C)C)C(C)C)NCc1ccc(COCC(F)(F)F)cc1. The van der Waals surface area contributed by atoms with Gasteiger partial charge in [0.2, 0.25) is 0 Å². The van der Waals surface area contributed by atoms with E-state index in [1.165, 1.54) is 0 Å². The monoisotopic (exact) mass is 402 g/mol. The Morgan fingerprint density at radius 1 is 1.04 bits per heavy atom. The number of ether oxygens (including phenoxy) is 1. The molecule has 0 aliphatic carbocycles. The summed E-state index contributed by atoms with van der Waals surface area (Å²) in [7, 11) is 1.72. The predicted octanol–water partition coefficient (Wildman–Crippen LogP) is 3.55. The Balaban J connectivity index is 2.39. The Morgan fingerprint density at radius 3 is 2.11 bits per heavy atom. The van der Waals surface area contributed by atoms with Gasteiger partial charge < -0.3 is 15.4 Å². The van der Waals surface area contributed by atoms with Gasteiger partial charge in [0.25, 0.3) is 0 Å². The van der Waals surface area contributed by atoms with Gasteiger partial charge in [-0.15, -0.1) is 0 Å². The average Bonchev–Trinajstić information content (AvgIpc) is 2.60. The molecule has 0 atom stereocenters. The lowest BCUT2D eigenvalue weighted by Gasteiger charge is -2.30. The zero-order chi connectivity index (χ0) is 21.2. The Hall–Kier alpha value is -1.80. The highest BCUT2D eigenvalue weighted by Crippen LogP contribution is 2.15. The quantitative estimate of drug-likeness (QED) is 0.464. The first kappa shape index (κ1) is 24.2. The van der Waals surface area contributed by atoms with Crippen molar-refractivity contribution in [1.82, 2.24) is 15.5 Å². The van der Waals surface area contributed by atoms with Crippen LogP contribution in [0, 0.1) is 0 Å². The standard InChI is InChI=1S/C20H33F3N4O/c1-15(2)27(16(3)4)11-10-25-19(24-5)26-12-17-6-8-18(9-7-17)13-28-14-20(21,22)23/h6-9,15-16H,10-14H2,1-5H3,(H2,24,25,26). The topological polar surface area (TPSA) is 48.9 Å². The van der Waals surface area contributed by atoms with E-state index < -0.39 is 12.8 Å². The molecule has 160 valence electrons. The van der Waals surface area contributed by atoms with Crippen molar-refractivity contribution in [2.24, 2.45) is 4.99 Å². The van der Waals surface area contributed by atoms with Crippen LogP contribution in [0.25, 0.3) is 0 Å². The second kappa shape index (κ2) is 11.9. The summed E-state index contributed by atoms with van der Waals surface area (Å²) in [5.74, 6) is 0.713. The van der Waals surface area contributed by atoms with Gasteiger partial charge in [0, 0.05) is 38.8 Å². The summed E-state index contributed by atoms with van der Waals surface area (Å²) in [5, 5.41) is 6.54. The fraction of sp³-hybridized carbons (Fsp3) is 0.650. The number of nitrogens with one attached hydrogen (secondary N) is 2.